The summed E-state index contributed by atoms with van der Waals surface area (Å²) in [5.74, 6) is -0.640. The topological polar surface area (TPSA) is 84.2 Å². The van der Waals surface area contributed by atoms with Gasteiger partial charge in [0.1, 0.15) is 0 Å². The summed E-state index contributed by atoms with van der Waals surface area (Å²) in [5.41, 5.74) is 6.76. The monoisotopic (exact) mass is 335 g/mol. The van der Waals surface area contributed by atoms with E-state index >= 15 is 0 Å². The van der Waals surface area contributed by atoms with Gasteiger partial charge in [0.25, 0.3) is 0 Å². The van der Waals surface area contributed by atoms with Gasteiger partial charge in [-0.2, -0.15) is 0 Å². The van der Waals surface area contributed by atoms with Gasteiger partial charge in [0.15, 0.2) is 0 Å². The Morgan fingerprint density at radius 1 is 1.33 bits per heavy atom. The molecule has 1 aromatic rings. The first-order valence-electron chi connectivity index (χ1n) is 5.06. The van der Waals surface area contributed by atoms with Crippen LogP contribution in [0.1, 0.15) is 5.56 Å². The Hall–Kier alpha value is -1.11. The molecule has 0 atom stereocenters. The smallest absolute Gasteiger partial charge is 0.243 e. The number of carbonyl (C=O) groups is 2. The fourth-order valence-corrected chi connectivity index (χ4v) is 1.55. The van der Waals surface area contributed by atoms with Crippen LogP contribution in [0.4, 0.5) is 5.69 Å². The lowest BCUT2D eigenvalue weighted by molar-refractivity contribution is -0.123. The van der Waals surface area contributed by atoms with E-state index in [4.69, 9.17) is 5.73 Å². The maximum Gasteiger partial charge on any atom is 0.243 e. The molecule has 2 amide bonds. The van der Waals surface area contributed by atoms with Gasteiger partial charge in [-0.1, -0.05) is 22.0 Å². The summed E-state index contributed by atoms with van der Waals surface area (Å²) in [6, 6.07) is 5.51. The molecule has 0 spiro atoms. The molecule has 0 heterocycles. The van der Waals surface area contributed by atoms with Crippen LogP contribution >= 0.6 is 28.3 Å². The largest absolute Gasteiger partial charge is 0.346 e. The van der Waals surface area contributed by atoms with Crippen molar-refractivity contribution < 1.29 is 9.59 Å². The van der Waals surface area contributed by atoms with E-state index in [0.29, 0.717) is 5.69 Å². The molecule has 1 aromatic carbocycles. The third-order valence-electron chi connectivity index (χ3n) is 2.17. The highest BCUT2D eigenvalue weighted by Gasteiger charge is 2.07. The number of nitrogens with one attached hydrogen (secondary N) is 2. The van der Waals surface area contributed by atoms with Gasteiger partial charge in [-0.3, -0.25) is 9.59 Å². The molecule has 7 heteroatoms. The van der Waals surface area contributed by atoms with Gasteiger partial charge in [-0.05, 0) is 24.6 Å². The highest BCUT2D eigenvalue weighted by molar-refractivity contribution is 9.10. The van der Waals surface area contributed by atoms with Gasteiger partial charge in [-0.15, -0.1) is 12.4 Å². The van der Waals surface area contributed by atoms with Crippen molar-refractivity contribution in [2.24, 2.45) is 5.73 Å². The molecule has 0 aromatic heterocycles. The Bertz CT molecular complexity index is 440. The first kappa shape index (κ1) is 16.9. The number of rotatable bonds is 4. The minimum absolute atomic E-state index is 0. The van der Waals surface area contributed by atoms with Gasteiger partial charge < -0.3 is 16.4 Å². The number of hydrogen-bond donors (Lipinski definition) is 3. The second kappa shape index (κ2) is 8.07. The van der Waals surface area contributed by atoms with Crippen LogP contribution in [0.3, 0.4) is 0 Å². The molecule has 0 aliphatic heterocycles. The fraction of sp³-hybridized carbons (Fsp3) is 0.273. The van der Waals surface area contributed by atoms with Crippen LogP contribution in [0.5, 0.6) is 0 Å². The van der Waals surface area contributed by atoms with Gasteiger partial charge in [-0.25, -0.2) is 0 Å². The minimum atomic E-state index is -0.355. The van der Waals surface area contributed by atoms with Crippen LogP contribution in [0.25, 0.3) is 0 Å². The molecule has 100 valence electrons. The normalized spacial score (nSPS) is 9.28. The van der Waals surface area contributed by atoms with Crippen LogP contribution in [-0.2, 0) is 9.59 Å². The number of benzene rings is 1. The predicted molar refractivity (Wildman–Crippen MR) is 76.8 cm³/mol. The number of carbonyl (C=O) groups excluding carboxylic acids is 2. The van der Waals surface area contributed by atoms with Gasteiger partial charge in [0, 0.05) is 10.2 Å². The van der Waals surface area contributed by atoms with E-state index in [0.717, 1.165) is 10.0 Å². The summed E-state index contributed by atoms with van der Waals surface area (Å²) in [6.07, 6.45) is 0. The van der Waals surface area contributed by atoms with Gasteiger partial charge in [0.2, 0.25) is 11.8 Å². The molecule has 0 bridgehead atoms. The molecular weight excluding hydrogens is 321 g/mol. The number of anilines is 1. The summed E-state index contributed by atoms with van der Waals surface area (Å²) < 4.78 is 0.918. The summed E-state index contributed by atoms with van der Waals surface area (Å²) in [5, 5.41) is 5.10. The van der Waals surface area contributed by atoms with E-state index in [1.165, 1.54) is 0 Å². The van der Waals surface area contributed by atoms with Crippen molar-refractivity contribution in [3.8, 4) is 0 Å². The number of hydrogen-bond acceptors (Lipinski definition) is 3. The van der Waals surface area contributed by atoms with Crippen LogP contribution in [-0.4, -0.2) is 24.9 Å². The Labute approximate surface area is 120 Å². The third-order valence-corrected chi connectivity index (χ3v) is 3.03. The lowest BCUT2D eigenvalue weighted by Crippen LogP contribution is -2.36. The molecule has 0 fully saturated rings. The van der Waals surface area contributed by atoms with E-state index in [-0.39, 0.29) is 37.3 Å². The maximum atomic E-state index is 11.5. The van der Waals surface area contributed by atoms with E-state index in [1.807, 2.05) is 19.1 Å². The zero-order valence-corrected chi connectivity index (χ0v) is 12.2. The Morgan fingerprint density at radius 3 is 2.61 bits per heavy atom. The third kappa shape index (κ3) is 5.03. The van der Waals surface area contributed by atoms with E-state index in [9.17, 15) is 9.59 Å². The lowest BCUT2D eigenvalue weighted by atomic mass is 10.2. The number of halogens is 2. The summed E-state index contributed by atoms with van der Waals surface area (Å²) >= 11 is 3.37. The molecule has 0 saturated carbocycles. The van der Waals surface area contributed by atoms with Crippen molar-refractivity contribution in [3.05, 3.63) is 28.2 Å². The fourth-order valence-electron chi connectivity index (χ4n) is 1.19. The quantitative estimate of drug-likeness (QED) is 0.772. The Balaban J connectivity index is 0.00000289. The van der Waals surface area contributed by atoms with Crippen molar-refractivity contribution in [1.82, 2.24) is 5.32 Å². The standard InChI is InChI=1S/C11H14BrN3O2.ClH/c1-7-8(12)3-2-4-9(7)15-11(17)6-14-10(16)5-13;/h2-4H,5-6,13H2,1H3,(H,14,16)(H,15,17);1H. The molecule has 0 radical (unpaired) electrons. The molecular formula is C11H15BrClN3O2. The van der Waals surface area contributed by atoms with Crippen LogP contribution in [0, 0.1) is 6.92 Å². The molecule has 5 nitrogen and oxygen atoms in total. The molecule has 0 unspecified atom stereocenters. The SMILES string of the molecule is Cc1c(Br)cccc1NC(=O)CNC(=O)CN.Cl. The summed E-state index contributed by atoms with van der Waals surface area (Å²) in [7, 11) is 0. The summed E-state index contributed by atoms with van der Waals surface area (Å²) in [4.78, 5) is 22.4. The molecule has 4 N–H and O–H groups in total. The van der Waals surface area contributed by atoms with Crippen molar-refractivity contribution in [1.29, 1.82) is 0 Å². The van der Waals surface area contributed by atoms with E-state index < -0.39 is 0 Å². The van der Waals surface area contributed by atoms with Gasteiger partial charge >= 0.3 is 0 Å². The van der Waals surface area contributed by atoms with Crippen molar-refractivity contribution in [3.63, 3.8) is 0 Å². The Morgan fingerprint density at radius 2 is 2.00 bits per heavy atom. The molecule has 1 rings (SSSR count). The predicted octanol–water partition coefficient (Wildman–Crippen LogP) is 1.19. The molecule has 18 heavy (non-hydrogen) atoms. The average molecular weight is 337 g/mol. The Kier molecular flexibility index (Phi) is 7.58. The maximum absolute atomic E-state index is 11.5. The average Bonchev–Trinajstić information content (AvgIpc) is 2.32. The van der Waals surface area contributed by atoms with E-state index in [1.54, 1.807) is 6.07 Å². The minimum Gasteiger partial charge on any atom is -0.346 e. The molecule has 0 aliphatic rings. The van der Waals surface area contributed by atoms with Crippen LogP contribution in [0.15, 0.2) is 22.7 Å². The van der Waals surface area contributed by atoms with Crippen molar-refractivity contribution in [2.45, 2.75) is 6.92 Å². The molecule has 0 aliphatic carbocycles. The highest BCUT2D eigenvalue weighted by atomic mass is 79.9. The second-order valence-corrected chi connectivity index (χ2v) is 4.30. The first-order valence-corrected chi connectivity index (χ1v) is 5.85. The van der Waals surface area contributed by atoms with Crippen LogP contribution in [0.2, 0.25) is 0 Å². The number of nitrogens with two attached hydrogens (primary N) is 1. The highest BCUT2D eigenvalue weighted by Crippen LogP contribution is 2.23. The summed E-state index contributed by atoms with van der Waals surface area (Å²) in [6.45, 7) is 1.68. The molecule has 0 saturated heterocycles. The van der Waals surface area contributed by atoms with E-state index in [2.05, 4.69) is 26.6 Å². The second-order valence-electron chi connectivity index (χ2n) is 3.44. The zero-order chi connectivity index (χ0) is 12.8. The van der Waals surface area contributed by atoms with Crippen molar-refractivity contribution in [2.75, 3.05) is 18.4 Å². The zero-order valence-electron chi connectivity index (χ0n) is 9.83. The lowest BCUT2D eigenvalue weighted by Gasteiger charge is -2.09. The number of amides is 2. The van der Waals surface area contributed by atoms with Crippen LogP contribution < -0.4 is 16.4 Å². The van der Waals surface area contributed by atoms with Crippen molar-refractivity contribution >= 4 is 45.8 Å². The van der Waals surface area contributed by atoms with Gasteiger partial charge in [0.05, 0.1) is 13.1 Å². The first-order chi connectivity index (χ1) is 8.04.